The standard InChI is InChI=1S/C14H17N5O/c1-3-15-4-2-12(1)11-20-14-13(17-5-6-18-14)19-9-7-16-8-10-19/h1-6,16H,7-11H2. The Morgan fingerprint density at radius 3 is 2.60 bits per heavy atom. The summed E-state index contributed by atoms with van der Waals surface area (Å²) in [6, 6.07) is 3.86. The third-order valence-corrected chi connectivity index (χ3v) is 3.19. The van der Waals surface area contributed by atoms with E-state index in [4.69, 9.17) is 4.74 Å². The van der Waals surface area contributed by atoms with Gasteiger partial charge in [-0.2, -0.15) is 0 Å². The molecule has 0 aromatic carbocycles. The van der Waals surface area contributed by atoms with E-state index in [0.29, 0.717) is 12.5 Å². The summed E-state index contributed by atoms with van der Waals surface area (Å²) in [6.07, 6.45) is 6.88. The lowest BCUT2D eigenvalue weighted by molar-refractivity contribution is 0.292. The molecular weight excluding hydrogens is 254 g/mol. The summed E-state index contributed by atoms with van der Waals surface area (Å²) in [5.41, 5.74) is 1.07. The number of nitrogens with zero attached hydrogens (tertiary/aromatic N) is 4. The van der Waals surface area contributed by atoms with Crippen molar-refractivity contribution >= 4 is 5.82 Å². The first-order chi connectivity index (χ1) is 9.93. The quantitative estimate of drug-likeness (QED) is 0.890. The Balaban J connectivity index is 1.72. The minimum absolute atomic E-state index is 0.473. The molecule has 0 saturated carbocycles. The third-order valence-electron chi connectivity index (χ3n) is 3.19. The molecule has 2 aromatic rings. The molecule has 20 heavy (non-hydrogen) atoms. The predicted octanol–water partition coefficient (Wildman–Crippen LogP) is 0.860. The molecule has 6 heteroatoms. The maximum Gasteiger partial charge on any atom is 0.257 e. The molecule has 2 aromatic heterocycles. The fourth-order valence-corrected chi connectivity index (χ4v) is 2.14. The number of ether oxygens (including phenoxy) is 1. The van der Waals surface area contributed by atoms with Gasteiger partial charge in [-0.3, -0.25) is 4.98 Å². The number of aromatic nitrogens is 3. The zero-order valence-corrected chi connectivity index (χ0v) is 11.2. The Labute approximate surface area is 117 Å². The highest BCUT2D eigenvalue weighted by atomic mass is 16.5. The number of hydrogen-bond donors (Lipinski definition) is 1. The molecular formula is C14H17N5O. The van der Waals surface area contributed by atoms with Crippen LogP contribution in [0.1, 0.15) is 5.56 Å². The number of hydrogen-bond acceptors (Lipinski definition) is 6. The molecule has 0 atom stereocenters. The molecule has 0 bridgehead atoms. The van der Waals surface area contributed by atoms with Crippen LogP contribution in [0.3, 0.4) is 0 Å². The highest BCUT2D eigenvalue weighted by Gasteiger charge is 2.17. The third kappa shape index (κ3) is 3.03. The van der Waals surface area contributed by atoms with Crippen molar-refractivity contribution < 1.29 is 4.74 Å². The van der Waals surface area contributed by atoms with Crippen LogP contribution in [0.4, 0.5) is 5.82 Å². The first-order valence-corrected chi connectivity index (χ1v) is 6.72. The van der Waals surface area contributed by atoms with Crippen LogP contribution in [0.5, 0.6) is 5.88 Å². The fourth-order valence-electron chi connectivity index (χ4n) is 2.14. The Kier molecular flexibility index (Phi) is 4.03. The van der Waals surface area contributed by atoms with E-state index in [1.54, 1.807) is 24.8 Å². The van der Waals surface area contributed by atoms with Gasteiger partial charge in [0.15, 0.2) is 5.82 Å². The van der Waals surface area contributed by atoms with Crippen LogP contribution in [0, 0.1) is 0 Å². The normalized spacial score (nSPS) is 15.1. The van der Waals surface area contributed by atoms with E-state index >= 15 is 0 Å². The van der Waals surface area contributed by atoms with Gasteiger partial charge in [-0.25, -0.2) is 9.97 Å². The average molecular weight is 271 g/mol. The first kappa shape index (κ1) is 12.8. The molecule has 0 radical (unpaired) electrons. The van der Waals surface area contributed by atoms with Crippen molar-refractivity contribution in [2.24, 2.45) is 0 Å². The van der Waals surface area contributed by atoms with Gasteiger partial charge < -0.3 is 15.0 Å². The van der Waals surface area contributed by atoms with Gasteiger partial charge in [0.05, 0.1) is 0 Å². The second kappa shape index (κ2) is 6.29. The van der Waals surface area contributed by atoms with Gasteiger partial charge in [-0.05, 0) is 17.7 Å². The molecule has 1 aliphatic rings. The highest BCUT2D eigenvalue weighted by Crippen LogP contribution is 2.23. The molecule has 0 amide bonds. The van der Waals surface area contributed by atoms with Crippen LogP contribution in [0.25, 0.3) is 0 Å². The molecule has 0 spiro atoms. The van der Waals surface area contributed by atoms with Crippen molar-refractivity contribution in [2.45, 2.75) is 6.61 Å². The maximum atomic E-state index is 5.81. The molecule has 0 aliphatic carbocycles. The number of rotatable bonds is 4. The van der Waals surface area contributed by atoms with E-state index in [0.717, 1.165) is 37.6 Å². The highest BCUT2D eigenvalue weighted by molar-refractivity contribution is 5.48. The van der Waals surface area contributed by atoms with Crippen LogP contribution >= 0.6 is 0 Å². The molecule has 1 N–H and O–H groups in total. The summed E-state index contributed by atoms with van der Waals surface area (Å²) in [7, 11) is 0. The van der Waals surface area contributed by atoms with Crippen molar-refractivity contribution in [3.63, 3.8) is 0 Å². The van der Waals surface area contributed by atoms with Crippen molar-refractivity contribution in [1.82, 2.24) is 20.3 Å². The summed E-state index contributed by atoms with van der Waals surface area (Å²) in [4.78, 5) is 14.9. The van der Waals surface area contributed by atoms with Gasteiger partial charge in [-0.15, -0.1) is 0 Å². The summed E-state index contributed by atoms with van der Waals surface area (Å²) in [5.74, 6) is 1.41. The second-order valence-electron chi connectivity index (χ2n) is 4.57. The molecule has 3 heterocycles. The topological polar surface area (TPSA) is 63.2 Å². The van der Waals surface area contributed by atoms with Crippen molar-refractivity contribution in [3.05, 3.63) is 42.5 Å². The number of pyridine rings is 1. The van der Waals surface area contributed by atoms with E-state index in [-0.39, 0.29) is 0 Å². The molecule has 1 saturated heterocycles. The van der Waals surface area contributed by atoms with Gasteiger partial charge in [0, 0.05) is 51.0 Å². The van der Waals surface area contributed by atoms with Gasteiger partial charge in [0.1, 0.15) is 6.61 Å². The summed E-state index contributed by atoms with van der Waals surface area (Å²) < 4.78 is 5.81. The van der Waals surface area contributed by atoms with E-state index in [9.17, 15) is 0 Å². The van der Waals surface area contributed by atoms with E-state index in [1.165, 1.54) is 0 Å². The number of anilines is 1. The van der Waals surface area contributed by atoms with Crippen LogP contribution in [0.2, 0.25) is 0 Å². The van der Waals surface area contributed by atoms with Crippen LogP contribution in [-0.2, 0) is 6.61 Å². The van der Waals surface area contributed by atoms with Crippen molar-refractivity contribution in [2.75, 3.05) is 31.1 Å². The van der Waals surface area contributed by atoms with Crippen LogP contribution in [0.15, 0.2) is 36.9 Å². The average Bonchev–Trinajstić information content (AvgIpc) is 2.55. The zero-order chi connectivity index (χ0) is 13.6. The minimum atomic E-state index is 0.473. The summed E-state index contributed by atoms with van der Waals surface area (Å²) >= 11 is 0. The Hall–Kier alpha value is -2.21. The molecule has 3 rings (SSSR count). The summed E-state index contributed by atoms with van der Waals surface area (Å²) in [5, 5.41) is 3.32. The molecule has 1 fully saturated rings. The maximum absolute atomic E-state index is 5.81. The lowest BCUT2D eigenvalue weighted by atomic mass is 10.3. The Morgan fingerprint density at radius 1 is 1.05 bits per heavy atom. The molecule has 1 aliphatic heterocycles. The lowest BCUT2D eigenvalue weighted by Gasteiger charge is -2.28. The van der Waals surface area contributed by atoms with Crippen molar-refractivity contribution in [3.8, 4) is 5.88 Å². The number of piperazine rings is 1. The second-order valence-corrected chi connectivity index (χ2v) is 4.57. The molecule has 6 nitrogen and oxygen atoms in total. The van der Waals surface area contributed by atoms with Gasteiger partial charge in [0.2, 0.25) is 0 Å². The SMILES string of the molecule is c1cc(COc2nccnc2N2CCNCC2)ccn1. The minimum Gasteiger partial charge on any atom is -0.470 e. The van der Waals surface area contributed by atoms with Gasteiger partial charge in [0.25, 0.3) is 5.88 Å². The van der Waals surface area contributed by atoms with Crippen LogP contribution in [-0.4, -0.2) is 41.1 Å². The largest absolute Gasteiger partial charge is 0.470 e. The smallest absolute Gasteiger partial charge is 0.257 e. The van der Waals surface area contributed by atoms with E-state index in [2.05, 4.69) is 25.2 Å². The van der Waals surface area contributed by atoms with Gasteiger partial charge in [-0.1, -0.05) is 0 Å². The van der Waals surface area contributed by atoms with E-state index in [1.807, 2.05) is 12.1 Å². The molecule has 104 valence electrons. The fraction of sp³-hybridized carbons (Fsp3) is 0.357. The predicted molar refractivity (Wildman–Crippen MR) is 75.7 cm³/mol. The summed E-state index contributed by atoms with van der Waals surface area (Å²) in [6.45, 7) is 4.23. The Morgan fingerprint density at radius 2 is 1.80 bits per heavy atom. The lowest BCUT2D eigenvalue weighted by Crippen LogP contribution is -2.44. The first-order valence-electron chi connectivity index (χ1n) is 6.72. The van der Waals surface area contributed by atoms with Gasteiger partial charge >= 0.3 is 0 Å². The zero-order valence-electron chi connectivity index (χ0n) is 11.2. The Bertz CT molecular complexity index is 542. The van der Waals surface area contributed by atoms with Crippen LogP contribution < -0.4 is 15.0 Å². The number of nitrogens with one attached hydrogen (secondary N) is 1. The van der Waals surface area contributed by atoms with Crippen molar-refractivity contribution in [1.29, 1.82) is 0 Å². The van der Waals surface area contributed by atoms with E-state index < -0.39 is 0 Å². The molecule has 0 unspecified atom stereocenters. The monoisotopic (exact) mass is 271 g/mol.